The number of carbonyl (C=O) groups is 1. The Morgan fingerprint density at radius 1 is 1.26 bits per heavy atom. The van der Waals surface area contributed by atoms with Crippen molar-refractivity contribution in [3.63, 3.8) is 0 Å². The van der Waals surface area contributed by atoms with Crippen molar-refractivity contribution in [2.45, 2.75) is 52.0 Å². The number of benzene rings is 1. The van der Waals surface area contributed by atoms with Gasteiger partial charge in [0.25, 0.3) is 0 Å². The van der Waals surface area contributed by atoms with Crippen LogP contribution in [0.2, 0.25) is 0 Å². The molecule has 1 fully saturated rings. The van der Waals surface area contributed by atoms with Crippen LogP contribution in [-0.2, 0) is 0 Å². The van der Waals surface area contributed by atoms with Crippen LogP contribution >= 0.6 is 0 Å². The largest absolute Gasteiger partial charge is 0.496 e. The van der Waals surface area contributed by atoms with Crippen LogP contribution in [-0.4, -0.2) is 29.4 Å². The molecule has 1 aliphatic rings. The molecule has 3 rings (SSSR count). The third-order valence-corrected chi connectivity index (χ3v) is 5.14. The van der Waals surface area contributed by atoms with E-state index in [2.05, 4.69) is 14.9 Å². The van der Waals surface area contributed by atoms with Crippen LogP contribution in [0.15, 0.2) is 24.3 Å². The quantitative estimate of drug-likeness (QED) is 0.801. The second-order valence-corrected chi connectivity index (χ2v) is 7.02. The zero-order valence-electron chi connectivity index (χ0n) is 16.4. The van der Waals surface area contributed by atoms with E-state index in [1.54, 1.807) is 7.11 Å². The number of ketones is 1. The Labute approximate surface area is 160 Å². The number of hydrogen-bond acceptors (Lipinski definition) is 6. The van der Waals surface area contributed by atoms with Crippen molar-refractivity contribution in [3.05, 3.63) is 41.1 Å². The summed E-state index contributed by atoms with van der Waals surface area (Å²) < 4.78 is 5.64. The number of nitrogens with two attached hydrogens (primary N) is 1. The van der Waals surface area contributed by atoms with E-state index >= 15 is 0 Å². The van der Waals surface area contributed by atoms with Gasteiger partial charge in [0.1, 0.15) is 11.6 Å². The number of nitrogens with zero attached hydrogens (tertiary/aromatic N) is 3. The molecule has 2 N–H and O–H groups in total. The van der Waals surface area contributed by atoms with Crippen molar-refractivity contribution in [2.75, 3.05) is 24.3 Å². The van der Waals surface area contributed by atoms with Gasteiger partial charge < -0.3 is 15.4 Å². The van der Waals surface area contributed by atoms with Crippen LogP contribution in [0.5, 0.6) is 5.75 Å². The molecule has 6 nitrogen and oxygen atoms in total. The molecular weight excluding hydrogens is 340 g/mol. The van der Waals surface area contributed by atoms with Gasteiger partial charge in [-0.2, -0.15) is 4.98 Å². The Kier molecular flexibility index (Phi) is 5.94. The van der Waals surface area contributed by atoms with Gasteiger partial charge in [-0.15, -0.1) is 0 Å². The summed E-state index contributed by atoms with van der Waals surface area (Å²) in [6.45, 7) is 4.70. The van der Waals surface area contributed by atoms with Crippen LogP contribution < -0.4 is 15.4 Å². The minimum atomic E-state index is 0.0840. The fourth-order valence-electron chi connectivity index (χ4n) is 3.80. The Balaban J connectivity index is 2.09. The first-order valence-corrected chi connectivity index (χ1v) is 9.62. The Morgan fingerprint density at radius 3 is 2.78 bits per heavy atom. The predicted octanol–water partition coefficient (Wildman–Crippen LogP) is 4.09. The number of aromatic nitrogens is 2. The Bertz CT molecular complexity index is 802. The van der Waals surface area contributed by atoms with Crippen molar-refractivity contribution < 1.29 is 9.53 Å². The van der Waals surface area contributed by atoms with E-state index in [1.807, 2.05) is 38.1 Å². The maximum absolute atomic E-state index is 12.3. The van der Waals surface area contributed by atoms with E-state index in [0.29, 0.717) is 6.42 Å². The average molecular weight is 368 g/mol. The first-order chi connectivity index (χ1) is 13.0. The maximum atomic E-state index is 12.3. The van der Waals surface area contributed by atoms with Crippen LogP contribution in [0.3, 0.4) is 0 Å². The summed E-state index contributed by atoms with van der Waals surface area (Å²) in [5.41, 5.74) is 8.53. The lowest BCUT2D eigenvalue weighted by Gasteiger charge is -2.32. The summed E-state index contributed by atoms with van der Waals surface area (Å²) >= 11 is 0. The molecule has 1 unspecified atom stereocenters. The molecule has 0 aliphatic carbocycles. The van der Waals surface area contributed by atoms with E-state index in [4.69, 9.17) is 10.5 Å². The third kappa shape index (κ3) is 4.21. The van der Waals surface area contributed by atoms with Gasteiger partial charge in [-0.25, -0.2) is 4.98 Å². The molecule has 2 heterocycles. The standard InChI is InChI=1S/C21H28N4O2/c1-4-18(26)15-9-10-19(27-3)16(13-15)17-8-6-5-7-11-25(17)20-12-14(2)23-21(22)24-20/h9-10,12-13,17H,4-8,11H2,1-3H3,(H2,22,23,24). The second-order valence-electron chi connectivity index (χ2n) is 7.02. The number of anilines is 2. The highest BCUT2D eigenvalue weighted by Gasteiger charge is 2.27. The van der Waals surface area contributed by atoms with Gasteiger partial charge in [0.15, 0.2) is 5.78 Å². The third-order valence-electron chi connectivity index (χ3n) is 5.14. The molecule has 1 aliphatic heterocycles. The van der Waals surface area contributed by atoms with Gasteiger partial charge in [0.2, 0.25) is 5.95 Å². The van der Waals surface area contributed by atoms with E-state index in [0.717, 1.165) is 54.2 Å². The Hall–Kier alpha value is -2.63. The highest BCUT2D eigenvalue weighted by atomic mass is 16.5. The molecule has 0 bridgehead atoms. The number of nitrogen functional groups attached to an aromatic ring is 1. The molecule has 1 aromatic heterocycles. The Morgan fingerprint density at radius 2 is 2.07 bits per heavy atom. The average Bonchev–Trinajstić information content (AvgIpc) is 2.92. The number of carbonyl (C=O) groups excluding carboxylic acids is 1. The van der Waals surface area contributed by atoms with Crippen molar-refractivity contribution in [1.82, 2.24) is 9.97 Å². The highest BCUT2D eigenvalue weighted by Crippen LogP contribution is 2.38. The van der Waals surface area contributed by atoms with Crippen LogP contribution in [0, 0.1) is 6.92 Å². The molecule has 27 heavy (non-hydrogen) atoms. The molecule has 0 amide bonds. The molecule has 144 valence electrons. The van der Waals surface area contributed by atoms with E-state index in [1.165, 1.54) is 6.42 Å². The van der Waals surface area contributed by atoms with Gasteiger partial charge in [-0.1, -0.05) is 19.8 Å². The molecular formula is C21H28N4O2. The van der Waals surface area contributed by atoms with Crippen LogP contribution in [0.4, 0.5) is 11.8 Å². The zero-order valence-corrected chi connectivity index (χ0v) is 16.4. The fourth-order valence-corrected chi connectivity index (χ4v) is 3.80. The first kappa shape index (κ1) is 19.1. The fraction of sp³-hybridized carbons (Fsp3) is 0.476. The van der Waals surface area contributed by atoms with Crippen molar-refractivity contribution >= 4 is 17.5 Å². The predicted molar refractivity (Wildman–Crippen MR) is 107 cm³/mol. The monoisotopic (exact) mass is 368 g/mol. The van der Waals surface area contributed by atoms with Gasteiger partial charge >= 0.3 is 0 Å². The molecule has 0 radical (unpaired) electrons. The summed E-state index contributed by atoms with van der Waals surface area (Å²) in [6, 6.07) is 7.80. The second kappa shape index (κ2) is 8.37. The van der Waals surface area contributed by atoms with Crippen LogP contribution in [0.25, 0.3) is 0 Å². The number of methoxy groups -OCH3 is 1. The summed E-state index contributed by atoms with van der Waals surface area (Å²) in [7, 11) is 1.67. The topological polar surface area (TPSA) is 81.3 Å². The van der Waals surface area contributed by atoms with Gasteiger partial charge in [0, 0.05) is 35.9 Å². The minimum absolute atomic E-state index is 0.0840. The number of aryl methyl sites for hydroxylation is 1. The first-order valence-electron chi connectivity index (χ1n) is 9.62. The van der Waals surface area contributed by atoms with E-state index < -0.39 is 0 Å². The van der Waals surface area contributed by atoms with Gasteiger partial charge in [-0.3, -0.25) is 4.79 Å². The van der Waals surface area contributed by atoms with E-state index in [-0.39, 0.29) is 17.8 Å². The van der Waals surface area contributed by atoms with Gasteiger partial charge in [-0.05, 0) is 38.0 Å². The lowest BCUT2D eigenvalue weighted by Crippen LogP contribution is -2.30. The van der Waals surface area contributed by atoms with Crippen molar-refractivity contribution in [2.24, 2.45) is 0 Å². The molecule has 1 aromatic carbocycles. The zero-order chi connectivity index (χ0) is 19.4. The summed E-state index contributed by atoms with van der Waals surface area (Å²) in [6.07, 6.45) is 4.85. The normalized spacial score (nSPS) is 17.4. The summed E-state index contributed by atoms with van der Waals surface area (Å²) in [4.78, 5) is 23.2. The lowest BCUT2D eigenvalue weighted by atomic mass is 9.96. The summed E-state index contributed by atoms with van der Waals surface area (Å²) in [5, 5.41) is 0. The van der Waals surface area contributed by atoms with Crippen LogP contribution in [0.1, 0.15) is 66.7 Å². The smallest absolute Gasteiger partial charge is 0.222 e. The number of rotatable bonds is 5. The molecule has 6 heteroatoms. The molecule has 1 atom stereocenters. The highest BCUT2D eigenvalue weighted by molar-refractivity contribution is 5.96. The molecule has 0 spiro atoms. The van der Waals surface area contributed by atoms with Crippen molar-refractivity contribution in [1.29, 1.82) is 0 Å². The SMILES string of the molecule is CCC(=O)c1ccc(OC)c(C2CCCCCN2c2cc(C)nc(N)n2)c1. The molecule has 2 aromatic rings. The minimum Gasteiger partial charge on any atom is -0.496 e. The maximum Gasteiger partial charge on any atom is 0.222 e. The number of hydrogen-bond donors (Lipinski definition) is 1. The number of Topliss-reactive ketones (excluding diaryl/α,β-unsaturated/α-hetero) is 1. The summed E-state index contributed by atoms with van der Waals surface area (Å²) in [5.74, 6) is 2.07. The van der Waals surface area contributed by atoms with Gasteiger partial charge in [0.05, 0.1) is 13.2 Å². The molecule has 1 saturated heterocycles. The number of ether oxygens (including phenoxy) is 1. The van der Waals surface area contributed by atoms with Crippen molar-refractivity contribution in [3.8, 4) is 5.75 Å². The lowest BCUT2D eigenvalue weighted by molar-refractivity contribution is 0.0988. The van der Waals surface area contributed by atoms with E-state index in [9.17, 15) is 4.79 Å². The molecule has 0 saturated carbocycles.